The Morgan fingerprint density at radius 2 is 2.07 bits per heavy atom. The molecule has 2 N–H and O–H groups in total. The topological polar surface area (TPSA) is 26.2 Å². The van der Waals surface area contributed by atoms with Crippen molar-refractivity contribution in [3.05, 3.63) is 42.1 Å². The van der Waals surface area contributed by atoms with Crippen molar-refractivity contribution in [1.82, 2.24) is 5.32 Å². The van der Waals surface area contributed by atoms with Gasteiger partial charge in [-0.15, -0.1) is 0 Å². The third-order valence-electron chi connectivity index (χ3n) is 2.36. The summed E-state index contributed by atoms with van der Waals surface area (Å²) in [5, 5.41) is 4.64. The van der Waals surface area contributed by atoms with Crippen LogP contribution in [0.15, 0.2) is 36.5 Å². The highest BCUT2D eigenvalue weighted by molar-refractivity contribution is 5.79. The van der Waals surface area contributed by atoms with Gasteiger partial charge < -0.3 is 29.3 Å². The standard InChI is InChI=1S/C12H14N2.HI/c1-2-13-9-10-5-3-7-12-11(10)6-4-8-14-12;/h3-8,13H,2,9H2,1H3;1H. The molecule has 0 saturated carbocycles. The van der Waals surface area contributed by atoms with Gasteiger partial charge in [0.15, 0.2) is 6.20 Å². The average Bonchev–Trinajstić information content (AvgIpc) is 2.26. The van der Waals surface area contributed by atoms with Crippen molar-refractivity contribution in [1.29, 1.82) is 0 Å². The van der Waals surface area contributed by atoms with E-state index in [4.69, 9.17) is 0 Å². The van der Waals surface area contributed by atoms with Crippen molar-refractivity contribution in [2.75, 3.05) is 6.54 Å². The molecule has 1 aromatic carbocycles. The fourth-order valence-electron chi connectivity index (χ4n) is 1.63. The van der Waals surface area contributed by atoms with E-state index in [0.717, 1.165) is 13.1 Å². The van der Waals surface area contributed by atoms with Crippen LogP contribution in [0, 0.1) is 0 Å². The number of benzene rings is 1. The zero-order chi connectivity index (χ0) is 9.80. The van der Waals surface area contributed by atoms with Gasteiger partial charge in [-0.1, -0.05) is 19.1 Å². The maximum absolute atomic E-state index is 3.34. The summed E-state index contributed by atoms with van der Waals surface area (Å²) >= 11 is 0. The molecule has 80 valence electrons. The van der Waals surface area contributed by atoms with E-state index in [2.05, 4.69) is 41.5 Å². The quantitative estimate of drug-likeness (QED) is 0.706. The number of hydrogen-bond acceptors (Lipinski definition) is 1. The smallest absolute Gasteiger partial charge is 0.211 e. The Hall–Kier alpha value is -0.680. The molecule has 3 heteroatoms. The average molecular weight is 314 g/mol. The monoisotopic (exact) mass is 314 g/mol. The van der Waals surface area contributed by atoms with Gasteiger partial charge in [0.05, 0.1) is 5.39 Å². The number of fused-ring (bicyclic) bond motifs is 1. The summed E-state index contributed by atoms with van der Waals surface area (Å²) in [4.78, 5) is 3.24. The fourth-order valence-corrected chi connectivity index (χ4v) is 1.63. The number of aromatic nitrogens is 1. The maximum atomic E-state index is 3.34. The van der Waals surface area contributed by atoms with Crippen molar-refractivity contribution in [2.45, 2.75) is 13.5 Å². The first kappa shape index (κ1) is 12.4. The molecule has 0 fully saturated rings. The highest BCUT2D eigenvalue weighted by Gasteiger charge is 2.03. The molecule has 0 amide bonds. The molecule has 0 radical (unpaired) electrons. The number of halogens is 1. The van der Waals surface area contributed by atoms with Crippen molar-refractivity contribution in [3.63, 3.8) is 0 Å². The number of aromatic amines is 1. The van der Waals surface area contributed by atoms with Crippen LogP contribution in [0.25, 0.3) is 10.9 Å². The zero-order valence-electron chi connectivity index (χ0n) is 8.76. The van der Waals surface area contributed by atoms with E-state index < -0.39 is 0 Å². The van der Waals surface area contributed by atoms with Crippen LogP contribution in [-0.2, 0) is 6.54 Å². The molecule has 15 heavy (non-hydrogen) atoms. The van der Waals surface area contributed by atoms with Gasteiger partial charge >= 0.3 is 0 Å². The third-order valence-corrected chi connectivity index (χ3v) is 2.36. The molecule has 0 bridgehead atoms. The van der Waals surface area contributed by atoms with Gasteiger partial charge in [-0.25, -0.2) is 4.98 Å². The lowest BCUT2D eigenvalue weighted by molar-refractivity contribution is -0.344. The van der Waals surface area contributed by atoms with Crippen LogP contribution < -0.4 is 34.3 Å². The Bertz CT molecular complexity index is 423. The van der Waals surface area contributed by atoms with Gasteiger partial charge in [-0.05, 0) is 18.2 Å². The molecule has 0 unspecified atom stereocenters. The summed E-state index contributed by atoms with van der Waals surface area (Å²) in [6, 6.07) is 10.5. The molecular formula is C12H15IN2. The summed E-state index contributed by atoms with van der Waals surface area (Å²) < 4.78 is 0. The largest absolute Gasteiger partial charge is 1.00 e. The van der Waals surface area contributed by atoms with E-state index in [9.17, 15) is 0 Å². The summed E-state index contributed by atoms with van der Waals surface area (Å²) in [5.41, 5.74) is 2.55. The highest BCUT2D eigenvalue weighted by Crippen LogP contribution is 2.13. The van der Waals surface area contributed by atoms with Crippen LogP contribution in [0.3, 0.4) is 0 Å². The minimum absolute atomic E-state index is 0. The number of rotatable bonds is 3. The van der Waals surface area contributed by atoms with Gasteiger partial charge in [0, 0.05) is 18.7 Å². The lowest BCUT2D eigenvalue weighted by atomic mass is 10.1. The summed E-state index contributed by atoms with van der Waals surface area (Å²) in [5.74, 6) is 0. The number of nitrogens with one attached hydrogen (secondary N) is 2. The Morgan fingerprint density at radius 3 is 2.87 bits per heavy atom. The van der Waals surface area contributed by atoms with Crippen LogP contribution >= 0.6 is 0 Å². The lowest BCUT2D eigenvalue weighted by Crippen LogP contribution is -3.00. The highest BCUT2D eigenvalue weighted by atomic mass is 127. The second-order valence-electron chi connectivity index (χ2n) is 3.33. The molecule has 0 aliphatic carbocycles. The predicted molar refractivity (Wildman–Crippen MR) is 57.9 cm³/mol. The number of pyridine rings is 1. The molecule has 0 atom stereocenters. The Balaban J connectivity index is 0.00000112. The van der Waals surface area contributed by atoms with Crippen LogP contribution in [0.5, 0.6) is 0 Å². The third kappa shape index (κ3) is 2.89. The van der Waals surface area contributed by atoms with Gasteiger partial charge in [-0.2, -0.15) is 0 Å². The molecule has 0 aliphatic rings. The minimum Gasteiger partial charge on any atom is -1.00 e. The van der Waals surface area contributed by atoms with E-state index >= 15 is 0 Å². The first-order valence-electron chi connectivity index (χ1n) is 5.01. The van der Waals surface area contributed by atoms with Crippen molar-refractivity contribution in [3.8, 4) is 0 Å². The van der Waals surface area contributed by atoms with Crippen LogP contribution in [0.1, 0.15) is 12.5 Å². The summed E-state index contributed by atoms with van der Waals surface area (Å²) in [6.07, 6.45) is 1.96. The molecule has 1 aromatic heterocycles. The van der Waals surface area contributed by atoms with Gasteiger partial charge in [0.25, 0.3) is 0 Å². The second kappa shape index (κ2) is 6.02. The first-order chi connectivity index (χ1) is 6.92. The van der Waals surface area contributed by atoms with Crippen LogP contribution in [0.2, 0.25) is 0 Å². The normalized spacial score (nSPS) is 9.93. The van der Waals surface area contributed by atoms with E-state index in [1.807, 2.05) is 12.3 Å². The van der Waals surface area contributed by atoms with Gasteiger partial charge in [0.1, 0.15) is 0 Å². The SMILES string of the molecule is CCNCc1cccc2[nH+]cccc12.[I-]. The molecule has 0 aliphatic heterocycles. The number of H-pyrrole nitrogens is 1. The molecule has 2 aromatic rings. The van der Waals surface area contributed by atoms with E-state index in [1.54, 1.807) is 0 Å². The maximum Gasteiger partial charge on any atom is 0.211 e. The van der Waals surface area contributed by atoms with Gasteiger partial charge in [-0.3, -0.25) is 0 Å². The van der Waals surface area contributed by atoms with E-state index in [-0.39, 0.29) is 24.0 Å². The summed E-state index contributed by atoms with van der Waals surface area (Å²) in [7, 11) is 0. The zero-order valence-corrected chi connectivity index (χ0v) is 10.9. The first-order valence-corrected chi connectivity index (χ1v) is 5.01. The minimum atomic E-state index is 0. The van der Waals surface area contributed by atoms with Crippen molar-refractivity contribution < 1.29 is 29.0 Å². The Labute approximate surface area is 107 Å². The molecular weight excluding hydrogens is 299 g/mol. The molecule has 2 rings (SSSR count). The Kier molecular flexibility index (Phi) is 4.98. The fraction of sp³-hybridized carbons (Fsp3) is 0.250. The van der Waals surface area contributed by atoms with E-state index in [0.29, 0.717) is 0 Å². The van der Waals surface area contributed by atoms with Crippen LogP contribution in [-0.4, -0.2) is 6.54 Å². The van der Waals surface area contributed by atoms with E-state index in [1.165, 1.54) is 16.5 Å². The van der Waals surface area contributed by atoms with Crippen molar-refractivity contribution >= 4 is 10.9 Å². The Morgan fingerprint density at radius 1 is 1.20 bits per heavy atom. The van der Waals surface area contributed by atoms with Crippen molar-refractivity contribution in [2.24, 2.45) is 0 Å². The van der Waals surface area contributed by atoms with Gasteiger partial charge in [0.2, 0.25) is 5.52 Å². The lowest BCUT2D eigenvalue weighted by Gasteiger charge is -2.03. The predicted octanol–water partition coefficient (Wildman–Crippen LogP) is -1.23. The summed E-state index contributed by atoms with van der Waals surface area (Å²) in [6.45, 7) is 4.07. The molecule has 2 nitrogen and oxygen atoms in total. The molecule has 1 heterocycles. The number of hydrogen-bond donors (Lipinski definition) is 1. The van der Waals surface area contributed by atoms with Crippen LogP contribution in [0.4, 0.5) is 0 Å². The molecule has 0 spiro atoms. The second-order valence-corrected chi connectivity index (χ2v) is 3.33. The molecule has 0 saturated heterocycles.